The minimum absolute atomic E-state index is 0.0488. The summed E-state index contributed by atoms with van der Waals surface area (Å²) >= 11 is 0. The van der Waals surface area contributed by atoms with Gasteiger partial charge in [-0.2, -0.15) is 0 Å². The molecule has 0 spiro atoms. The number of nitrogens with zero attached hydrogens (tertiary/aromatic N) is 3. The number of carbonyl (C=O) groups is 1. The van der Waals surface area contributed by atoms with Gasteiger partial charge in [-0.05, 0) is 49.1 Å². The molecule has 1 aromatic heterocycles. The molecule has 1 atom stereocenters. The van der Waals surface area contributed by atoms with E-state index in [2.05, 4.69) is 28.2 Å². The topological polar surface area (TPSA) is 68.7 Å². The van der Waals surface area contributed by atoms with Crippen molar-refractivity contribution in [3.63, 3.8) is 0 Å². The predicted molar refractivity (Wildman–Crippen MR) is 98.5 cm³/mol. The third-order valence-corrected chi connectivity index (χ3v) is 5.42. The van der Waals surface area contributed by atoms with E-state index in [9.17, 15) is 9.90 Å². The van der Waals surface area contributed by atoms with Gasteiger partial charge in [0, 0.05) is 45.5 Å². The van der Waals surface area contributed by atoms with Crippen molar-refractivity contribution < 1.29 is 9.90 Å². The maximum atomic E-state index is 12.3. The first-order chi connectivity index (χ1) is 12.2. The Labute approximate surface area is 150 Å². The Balaban J connectivity index is 1.47. The van der Waals surface area contributed by atoms with Crippen LogP contribution >= 0.6 is 0 Å². The molecule has 6 nitrogen and oxygen atoms in total. The Hall–Kier alpha value is -1.82. The number of aromatic nitrogens is 1. The average Bonchev–Trinajstić information content (AvgIpc) is 2.67. The molecular weight excluding hydrogens is 316 g/mol. The molecule has 3 heterocycles. The van der Waals surface area contributed by atoms with E-state index in [1.54, 1.807) is 4.90 Å². The van der Waals surface area contributed by atoms with Crippen LogP contribution in [0.15, 0.2) is 18.3 Å². The number of nitrogens with one attached hydrogen (secondary N) is 1. The van der Waals surface area contributed by atoms with Gasteiger partial charge < -0.3 is 20.2 Å². The summed E-state index contributed by atoms with van der Waals surface area (Å²) in [4.78, 5) is 21.0. The molecule has 6 heteroatoms. The highest BCUT2D eigenvalue weighted by Crippen LogP contribution is 2.21. The van der Waals surface area contributed by atoms with Gasteiger partial charge in [-0.15, -0.1) is 0 Å². The van der Waals surface area contributed by atoms with Crippen LogP contribution in [0, 0.1) is 11.8 Å². The Morgan fingerprint density at radius 3 is 2.76 bits per heavy atom. The molecule has 2 N–H and O–H groups in total. The fourth-order valence-electron chi connectivity index (χ4n) is 3.63. The lowest BCUT2D eigenvalue weighted by molar-refractivity contribution is 0.129. The number of rotatable bonds is 4. The Bertz CT molecular complexity index is 555. The highest BCUT2D eigenvalue weighted by molar-refractivity contribution is 5.74. The molecule has 1 unspecified atom stereocenters. The molecule has 138 valence electrons. The van der Waals surface area contributed by atoms with Crippen LogP contribution in [0.1, 0.15) is 38.2 Å². The van der Waals surface area contributed by atoms with Crippen molar-refractivity contribution in [2.45, 2.75) is 39.2 Å². The van der Waals surface area contributed by atoms with Gasteiger partial charge in [0.15, 0.2) is 0 Å². The van der Waals surface area contributed by atoms with Crippen LogP contribution in [0.2, 0.25) is 0 Å². The van der Waals surface area contributed by atoms with Crippen LogP contribution in [0.3, 0.4) is 0 Å². The van der Waals surface area contributed by atoms with Gasteiger partial charge in [0.05, 0.1) is 0 Å². The second-order valence-corrected chi connectivity index (χ2v) is 7.49. The van der Waals surface area contributed by atoms with Gasteiger partial charge in [0.1, 0.15) is 5.82 Å². The largest absolute Gasteiger partial charge is 0.396 e. The molecule has 25 heavy (non-hydrogen) atoms. The summed E-state index contributed by atoms with van der Waals surface area (Å²) in [6.07, 6.45) is 6.28. The van der Waals surface area contributed by atoms with Crippen molar-refractivity contribution in [1.82, 2.24) is 15.2 Å². The minimum Gasteiger partial charge on any atom is -0.396 e. The highest BCUT2D eigenvalue weighted by atomic mass is 16.3. The molecule has 0 aliphatic carbocycles. The summed E-state index contributed by atoms with van der Waals surface area (Å²) in [5, 5.41) is 12.2. The quantitative estimate of drug-likeness (QED) is 0.877. The normalized spacial score (nSPS) is 22.1. The van der Waals surface area contributed by atoms with E-state index in [-0.39, 0.29) is 18.6 Å². The zero-order valence-corrected chi connectivity index (χ0v) is 15.2. The summed E-state index contributed by atoms with van der Waals surface area (Å²) < 4.78 is 0. The van der Waals surface area contributed by atoms with Crippen LogP contribution in [-0.2, 0) is 6.54 Å². The highest BCUT2D eigenvalue weighted by Gasteiger charge is 2.23. The Morgan fingerprint density at radius 2 is 2.08 bits per heavy atom. The second-order valence-electron chi connectivity index (χ2n) is 7.49. The zero-order chi connectivity index (χ0) is 17.6. The molecule has 2 aliphatic rings. The molecule has 1 aromatic rings. The molecule has 2 aliphatic heterocycles. The minimum atomic E-state index is -0.0488. The molecule has 2 fully saturated rings. The SMILES string of the molecule is CC1CCN(c2ccc(CNC(=O)N3CCCC(CO)C3)cn2)CC1. The van der Waals surface area contributed by atoms with E-state index in [0.29, 0.717) is 13.1 Å². The number of urea groups is 1. The van der Waals surface area contributed by atoms with Gasteiger partial charge in [-0.1, -0.05) is 13.0 Å². The number of likely N-dealkylation sites (tertiary alicyclic amines) is 1. The lowest BCUT2D eigenvalue weighted by atomic mass is 9.99. The summed E-state index contributed by atoms with van der Waals surface area (Å²) in [5.41, 5.74) is 1.01. The third kappa shape index (κ3) is 4.84. The third-order valence-electron chi connectivity index (χ3n) is 5.42. The van der Waals surface area contributed by atoms with Crippen molar-refractivity contribution in [3.8, 4) is 0 Å². The van der Waals surface area contributed by atoms with Crippen LogP contribution < -0.4 is 10.2 Å². The molecule has 2 amide bonds. The standard InChI is InChI=1S/C19H30N4O2/c1-15-6-9-22(10-7-15)18-5-4-16(11-20-18)12-21-19(25)23-8-2-3-17(13-23)14-24/h4-5,11,15,17,24H,2-3,6-10,12-14H2,1H3,(H,21,25). The summed E-state index contributed by atoms with van der Waals surface area (Å²) in [7, 11) is 0. The van der Waals surface area contributed by atoms with E-state index in [4.69, 9.17) is 0 Å². The summed E-state index contributed by atoms with van der Waals surface area (Å²) in [5.74, 6) is 2.06. The fraction of sp³-hybridized carbons (Fsp3) is 0.684. The van der Waals surface area contributed by atoms with Crippen molar-refractivity contribution in [1.29, 1.82) is 0 Å². The number of amides is 2. The maximum absolute atomic E-state index is 12.3. The second kappa shape index (κ2) is 8.52. The number of pyridine rings is 1. The van der Waals surface area contributed by atoms with Crippen LogP contribution in [0.25, 0.3) is 0 Å². The number of aliphatic hydroxyl groups excluding tert-OH is 1. The molecule has 3 rings (SSSR count). The van der Waals surface area contributed by atoms with E-state index < -0.39 is 0 Å². The van der Waals surface area contributed by atoms with E-state index in [0.717, 1.165) is 49.8 Å². The molecule has 0 radical (unpaired) electrons. The van der Waals surface area contributed by atoms with Crippen LogP contribution in [0.5, 0.6) is 0 Å². The van der Waals surface area contributed by atoms with Gasteiger partial charge in [-0.25, -0.2) is 9.78 Å². The van der Waals surface area contributed by atoms with Crippen LogP contribution in [0.4, 0.5) is 10.6 Å². The molecule has 2 saturated heterocycles. The van der Waals surface area contributed by atoms with Crippen molar-refractivity contribution in [3.05, 3.63) is 23.9 Å². The number of hydrogen-bond donors (Lipinski definition) is 2. The zero-order valence-electron chi connectivity index (χ0n) is 15.2. The molecular formula is C19H30N4O2. The average molecular weight is 346 g/mol. The van der Waals surface area contributed by atoms with Crippen molar-refractivity contribution in [2.75, 3.05) is 37.7 Å². The monoisotopic (exact) mass is 346 g/mol. The number of aliphatic hydroxyl groups is 1. The van der Waals surface area contributed by atoms with Crippen molar-refractivity contribution in [2.24, 2.45) is 11.8 Å². The van der Waals surface area contributed by atoms with E-state index >= 15 is 0 Å². The van der Waals surface area contributed by atoms with Gasteiger partial charge in [-0.3, -0.25) is 0 Å². The molecule has 0 aromatic carbocycles. The Kier molecular flexibility index (Phi) is 6.13. The summed E-state index contributed by atoms with van der Waals surface area (Å²) in [6.45, 7) is 6.52. The smallest absolute Gasteiger partial charge is 0.317 e. The summed E-state index contributed by atoms with van der Waals surface area (Å²) in [6, 6.07) is 4.06. The first kappa shape index (κ1) is 18.0. The van der Waals surface area contributed by atoms with Gasteiger partial charge >= 0.3 is 6.03 Å². The number of anilines is 1. The van der Waals surface area contributed by atoms with Gasteiger partial charge in [0.25, 0.3) is 0 Å². The maximum Gasteiger partial charge on any atom is 0.317 e. The number of carbonyl (C=O) groups excluding carboxylic acids is 1. The lowest BCUT2D eigenvalue weighted by Gasteiger charge is -2.32. The predicted octanol–water partition coefficient (Wildman–Crippen LogP) is 2.23. The Morgan fingerprint density at radius 1 is 1.28 bits per heavy atom. The van der Waals surface area contributed by atoms with E-state index in [1.165, 1.54) is 12.8 Å². The van der Waals surface area contributed by atoms with Crippen molar-refractivity contribution >= 4 is 11.8 Å². The number of hydrogen-bond acceptors (Lipinski definition) is 4. The molecule has 0 bridgehead atoms. The lowest BCUT2D eigenvalue weighted by Crippen LogP contribution is -2.45. The first-order valence-electron chi connectivity index (χ1n) is 9.49. The van der Waals surface area contributed by atoms with Gasteiger partial charge in [0.2, 0.25) is 0 Å². The molecule has 0 saturated carbocycles. The first-order valence-corrected chi connectivity index (χ1v) is 9.49. The fourth-order valence-corrected chi connectivity index (χ4v) is 3.63. The van der Waals surface area contributed by atoms with Crippen LogP contribution in [-0.4, -0.2) is 53.8 Å². The number of piperidine rings is 2. The van der Waals surface area contributed by atoms with E-state index in [1.807, 2.05) is 12.3 Å².